The van der Waals surface area contributed by atoms with Gasteiger partial charge in [0.05, 0.1) is 12.5 Å². The molecule has 1 aliphatic heterocycles. The molecular formula is C14H15N3OS. The number of rotatable bonds is 3. The van der Waals surface area contributed by atoms with Gasteiger partial charge >= 0.3 is 0 Å². The summed E-state index contributed by atoms with van der Waals surface area (Å²) < 4.78 is 10.3. The number of aromatic nitrogens is 2. The minimum atomic E-state index is 0.279. The fourth-order valence-corrected chi connectivity index (χ4v) is 3.08. The van der Waals surface area contributed by atoms with Crippen LogP contribution in [0.4, 0.5) is 5.13 Å². The monoisotopic (exact) mass is 273 g/mol. The summed E-state index contributed by atoms with van der Waals surface area (Å²) in [6, 6.07) is 8.85. The highest BCUT2D eigenvalue weighted by molar-refractivity contribution is 7.09. The quantitative estimate of drug-likeness (QED) is 0.934. The molecule has 1 N–H and O–H groups in total. The normalized spacial score (nSPS) is 21.6. The van der Waals surface area contributed by atoms with E-state index >= 15 is 0 Å². The standard InChI is InChI=1S/C14H15N3OS/c1-2-4-12-9(3-1)7-10(8-18-12)13-16-14(19-17-13)15-11-5-6-11/h1-4,10-11H,5-8H2,(H,15,16,17). The van der Waals surface area contributed by atoms with E-state index in [4.69, 9.17) is 4.74 Å². The molecule has 2 heterocycles. The molecule has 1 saturated carbocycles. The zero-order chi connectivity index (χ0) is 12.7. The SMILES string of the molecule is c1ccc2c(c1)CC(c1nsc(NC3CC3)n1)CO2. The summed E-state index contributed by atoms with van der Waals surface area (Å²) in [5.74, 6) is 2.20. The number of benzene rings is 1. The highest BCUT2D eigenvalue weighted by atomic mass is 32.1. The van der Waals surface area contributed by atoms with Gasteiger partial charge in [0.15, 0.2) is 5.82 Å². The average molecular weight is 273 g/mol. The van der Waals surface area contributed by atoms with Crippen LogP contribution in [-0.4, -0.2) is 22.0 Å². The first-order chi connectivity index (χ1) is 9.38. The van der Waals surface area contributed by atoms with E-state index in [0.717, 1.165) is 23.1 Å². The maximum atomic E-state index is 5.80. The van der Waals surface area contributed by atoms with E-state index in [-0.39, 0.29) is 5.92 Å². The molecule has 1 fully saturated rings. The molecule has 4 rings (SSSR count). The van der Waals surface area contributed by atoms with Gasteiger partial charge in [0, 0.05) is 17.6 Å². The molecule has 0 bridgehead atoms. The predicted molar refractivity (Wildman–Crippen MR) is 74.9 cm³/mol. The maximum Gasteiger partial charge on any atom is 0.202 e. The molecule has 1 aromatic heterocycles. The van der Waals surface area contributed by atoms with Crippen molar-refractivity contribution in [1.82, 2.24) is 9.36 Å². The molecule has 0 spiro atoms. The summed E-state index contributed by atoms with van der Waals surface area (Å²) in [6.45, 7) is 0.677. The van der Waals surface area contributed by atoms with Crippen LogP contribution in [0.25, 0.3) is 0 Å². The molecule has 0 radical (unpaired) electrons. The number of ether oxygens (including phenoxy) is 1. The van der Waals surface area contributed by atoms with Crippen LogP contribution in [0.1, 0.15) is 30.1 Å². The molecule has 0 amide bonds. The van der Waals surface area contributed by atoms with Crippen molar-refractivity contribution in [3.8, 4) is 5.75 Å². The Kier molecular flexibility index (Phi) is 2.65. The minimum absolute atomic E-state index is 0.279. The summed E-state index contributed by atoms with van der Waals surface area (Å²) >= 11 is 1.47. The summed E-state index contributed by atoms with van der Waals surface area (Å²) in [4.78, 5) is 4.60. The van der Waals surface area contributed by atoms with Crippen molar-refractivity contribution in [1.29, 1.82) is 0 Å². The van der Waals surface area contributed by atoms with Crippen LogP contribution >= 0.6 is 11.5 Å². The van der Waals surface area contributed by atoms with Gasteiger partial charge in [-0.15, -0.1) is 0 Å². The predicted octanol–water partition coefficient (Wildman–Crippen LogP) is 2.83. The van der Waals surface area contributed by atoms with Gasteiger partial charge in [-0.3, -0.25) is 0 Å². The molecule has 2 aromatic rings. The smallest absolute Gasteiger partial charge is 0.202 e. The number of anilines is 1. The van der Waals surface area contributed by atoms with Gasteiger partial charge in [0.1, 0.15) is 5.75 Å². The molecule has 1 unspecified atom stereocenters. The highest BCUT2D eigenvalue weighted by Gasteiger charge is 2.26. The lowest BCUT2D eigenvalue weighted by Gasteiger charge is -2.23. The summed E-state index contributed by atoms with van der Waals surface area (Å²) in [5, 5.41) is 4.35. The lowest BCUT2D eigenvalue weighted by Crippen LogP contribution is -2.20. The Morgan fingerprint density at radius 1 is 1.26 bits per heavy atom. The topological polar surface area (TPSA) is 47.0 Å². The van der Waals surface area contributed by atoms with E-state index in [9.17, 15) is 0 Å². The molecular weight excluding hydrogens is 258 g/mol. The van der Waals surface area contributed by atoms with E-state index in [1.807, 2.05) is 12.1 Å². The Morgan fingerprint density at radius 3 is 3.05 bits per heavy atom. The summed E-state index contributed by atoms with van der Waals surface area (Å²) in [7, 11) is 0. The molecule has 4 nitrogen and oxygen atoms in total. The zero-order valence-corrected chi connectivity index (χ0v) is 11.3. The molecule has 98 valence electrons. The second-order valence-corrected chi connectivity index (χ2v) is 5.95. The molecule has 0 saturated heterocycles. The van der Waals surface area contributed by atoms with Crippen LogP contribution in [0.5, 0.6) is 5.75 Å². The number of hydrogen-bond acceptors (Lipinski definition) is 5. The zero-order valence-electron chi connectivity index (χ0n) is 10.5. The fourth-order valence-electron chi connectivity index (χ4n) is 2.36. The Labute approximate surface area is 116 Å². The number of fused-ring (bicyclic) bond motifs is 1. The van der Waals surface area contributed by atoms with Crippen molar-refractivity contribution in [3.05, 3.63) is 35.7 Å². The maximum absolute atomic E-state index is 5.80. The Hall–Kier alpha value is -1.62. The summed E-state index contributed by atoms with van der Waals surface area (Å²) in [6.07, 6.45) is 3.49. The van der Waals surface area contributed by atoms with Crippen LogP contribution in [-0.2, 0) is 6.42 Å². The first-order valence-corrected chi connectivity index (χ1v) is 7.46. The minimum Gasteiger partial charge on any atom is -0.493 e. The third-order valence-corrected chi connectivity index (χ3v) is 4.25. The van der Waals surface area contributed by atoms with Crippen molar-refractivity contribution >= 4 is 16.7 Å². The van der Waals surface area contributed by atoms with Crippen LogP contribution in [0, 0.1) is 0 Å². The first-order valence-electron chi connectivity index (χ1n) is 6.69. The lowest BCUT2D eigenvalue weighted by molar-refractivity contribution is 0.258. The van der Waals surface area contributed by atoms with E-state index in [0.29, 0.717) is 12.6 Å². The van der Waals surface area contributed by atoms with E-state index in [1.165, 1.54) is 29.9 Å². The van der Waals surface area contributed by atoms with Crippen LogP contribution < -0.4 is 10.1 Å². The lowest BCUT2D eigenvalue weighted by atomic mass is 9.96. The van der Waals surface area contributed by atoms with Gasteiger partial charge in [-0.1, -0.05) is 18.2 Å². The van der Waals surface area contributed by atoms with Gasteiger partial charge in [0.25, 0.3) is 0 Å². The molecule has 1 atom stereocenters. The van der Waals surface area contributed by atoms with Crippen LogP contribution in [0.3, 0.4) is 0 Å². The third-order valence-electron chi connectivity index (χ3n) is 3.59. The van der Waals surface area contributed by atoms with Gasteiger partial charge in [-0.25, -0.2) is 4.98 Å². The molecule has 1 aliphatic carbocycles. The van der Waals surface area contributed by atoms with Crippen molar-refractivity contribution in [2.75, 3.05) is 11.9 Å². The average Bonchev–Trinajstić information content (AvgIpc) is 3.14. The van der Waals surface area contributed by atoms with Crippen LogP contribution in [0.2, 0.25) is 0 Å². The fraction of sp³-hybridized carbons (Fsp3) is 0.429. The van der Waals surface area contributed by atoms with E-state index < -0.39 is 0 Å². The van der Waals surface area contributed by atoms with E-state index in [2.05, 4.69) is 26.8 Å². The second-order valence-electron chi connectivity index (χ2n) is 5.20. The molecule has 5 heteroatoms. The Balaban J connectivity index is 1.52. The van der Waals surface area contributed by atoms with Gasteiger partial charge < -0.3 is 10.1 Å². The number of nitrogens with one attached hydrogen (secondary N) is 1. The Morgan fingerprint density at radius 2 is 2.16 bits per heavy atom. The van der Waals surface area contributed by atoms with Crippen LogP contribution in [0.15, 0.2) is 24.3 Å². The summed E-state index contributed by atoms with van der Waals surface area (Å²) in [5.41, 5.74) is 1.25. The van der Waals surface area contributed by atoms with Crippen molar-refractivity contribution in [2.45, 2.75) is 31.2 Å². The number of nitrogens with zero attached hydrogens (tertiary/aromatic N) is 2. The van der Waals surface area contributed by atoms with Gasteiger partial charge in [0.2, 0.25) is 5.13 Å². The molecule has 1 aromatic carbocycles. The van der Waals surface area contributed by atoms with Gasteiger partial charge in [-0.05, 0) is 30.9 Å². The van der Waals surface area contributed by atoms with Gasteiger partial charge in [-0.2, -0.15) is 4.37 Å². The van der Waals surface area contributed by atoms with Crippen molar-refractivity contribution in [2.24, 2.45) is 0 Å². The third kappa shape index (κ3) is 2.30. The number of para-hydroxylation sites is 1. The molecule has 19 heavy (non-hydrogen) atoms. The second kappa shape index (κ2) is 4.49. The largest absolute Gasteiger partial charge is 0.493 e. The van der Waals surface area contributed by atoms with E-state index in [1.54, 1.807) is 0 Å². The Bertz CT molecular complexity index is 594. The number of hydrogen-bond donors (Lipinski definition) is 1. The van der Waals surface area contributed by atoms with Crippen molar-refractivity contribution < 1.29 is 4.74 Å². The molecule has 2 aliphatic rings. The van der Waals surface area contributed by atoms with Crippen molar-refractivity contribution in [3.63, 3.8) is 0 Å². The highest BCUT2D eigenvalue weighted by Crippen LogP contribution is 2.33. The first kappa shape index (κ1) is 11.2.